The molecule has 8 nitrogen and oxygen atoms in total. The molecule has 3 aromatic rings. The molecule has 8 heteroatoms. The molecule has 0 saturated carbocycles. The monoisotopic (exact) mass is 429 g/mol. The first-order valence-electron chi connectivity index (χ1n) is 11.4. The molecule has 0 radical (unpaired) electrons. The average molecular weight is 430 g/mol. The number of pyridine rings is 1. The van der Waals surface area contributed by atoms with E-state index in [-0.39, 0.29) is 6.10 Å². The number of nitrogens with zero attached hydrogens (tertiary/aromatic N) is 6. The summed E-state index contributed by atoms with van der Waals surface area (Å²) in [5.41, 5.74) is 5.30. The van der Waals surface area contributed by atoms with E-state index < -0.39 is 0 Å². The molecular formula is C24H27N7O. The summed E-state index contributed by atoms with van der Waals surface area (Å²) in [6.07, 6.45) is 5.02. The molecule has 0 aliphatic carbocycles. The van der Waals surface area contributed by atoms with E-state index in [0.717, 1.165) is 68.8 Å². The van der Waals surface area contributed by atoms with Crippen molar-refractivity contribution in [1.82, 2.24) is 25.0 Å². The van der Waals surface area contributed by atoms with Gasteiger partial charge in [0, 0.05) is 80.8 Å². The smallest absolute Gasteiger partial charge is 0.101 e. The van der Waals surface area contributed by atoms with Crippen LogP contribution < -0.4 is 10.2 Å². The first-order valence-corrected chi connectivity index (χ1v) is 11.4. The fourth-order valence-electron chi connectivity index (χ4n) is 5.30. The Morgan fingerprint density at radius 1 is 1.22 bits per heavy atom. The topological polar surface area (TPSA) is 82.2 Å². The fraction of sp³-hybridized carbons (Fsp3) is 0.458. The predicted octanol–water partition coefficient (Wildman–Crippen LogP) is 1.71. The number of nitriles is 1. The maximum absolute atomic E-state index is 9.43. The van der Waals surface area contributed by atoms with Crippen LogP contribution in [0.3, 0.4) is 0 Å². The SMILES string of the molecule is N#Cc1ccc(N2CCOC(CN3CC(n4ncc5c4CCNC5)C3)C2)c2cccnc12. The molecular weight excluding hydrogens is 402 g/mol. The molecule has 0 amide bonds. The lowest BCUT2D eigenvalue weighted by molar-refractivity contribution is -0.0128. The van der Waals surface area contributed by atoms with E-state index in [2.05, 4.69) is 48.1 Å². The maximum Gasteiger partial charge on any atom is 0.101 e. The Morgan fingerprint density at radius 2 is 2.16 bits per heavy atom. The zero-order chi connectivity index (χ0) is 21.5. The Labute approximate surface area is 187 Å². The van der Waals surface area contributed by atoms with Crippen molar-refractivity contribution in [3.05, 3.63) is 53.5 Å². The third-order valence-electron chi connectivity index (χ3n) is 6.93. The minimum atomic E-state index is 0.169. The van der Waals surface area contributed by atoms with Gasteiger partial charge in [0.1, 0.15) is 6.07 Å². The number of aromatic nitrogens is 3. The van der Waals surface area contributed by atoms with E-state index in [1.165, 1.54) is 11.3 Å². The zero-order valence-corrected chi connectivity index (χ0v) is 18.1. The second-order valence-corrected chi connectivity index (χ2v) is 8.94. The zero-order valence-electron chi connectivity index (χ0n) is 18.1. The molecule has 2 aromatic heterocycles. The Kier molecular flexibility index (Phi) is 5.02. The molecule has 0 spiro atoms. The van der Waals surface area contributed by atoms with Crippen LogP contribution >= 0.6 is 0 Å². The van der Waals surface area contributed by atoms with Crippen molar-refractivity contribution in [2.75, 3.05) is 50.8 Å². The standard InChI is InChI=1S/C24H27N7O/c25-10-17-3-4-23(21-2-1-6-27-24(17)21)30-8-9-32-20(16-30)15-29-13-19(14-29)31-22-5-7-26-11-18(22)12-28-31/h1-4,6,12,19-20,26H,5,7-9,11,13-16H2. The van der Waals surface area contributed by atoms with Crippen LogP contribution in [0.5, 0.6) is 0 Å². The minimum absolute atomic E-state index is 0.169. The summed E-state index contributed by atoms with van der Waals surface area (Å²) in [4.78, 5) is 9.32. The van der Waals surface area contributed by atoms with E-state index in [0.29, 0.717) is 18.2 Å². The van der Waals surface area contributed by atoms with Crippen molar-refractivity contribution in [3.8, 4) is 6.07 Å². The molecule has 164 valence electrons. The molecule has 3 aliphatic rings. The highest BCUT2D eigenvalue weighted by molar-refractivity contribution is 5.95. The fourth-order valence-corrected chi connectivity index (χ4v) is 5.30. The number of rotatable bonds is 4. The number of ether oxygens (including phenoxy) is 1. The number of hydrogen-bond donors (Lipinski definition) is 1. The first-order chi connectivity index (χ1) is 15.8. The normalized spacial score (nSPS) is 21.8. The van der Waals surface area contributed by atoms with Crippen LogP contribution in [0.2, 0.25) is 0 Å². The average Bonchev–Trinajstić information content (AvgIpc) is 3.24. The van der Waals surface area contributed by atoms with Gasteiger partial charge in [0.15, 0.2) is 0 Å². The molecule has 1 atom stereocenters. The van der Waals surface area contributed by atoms with Gasteiger partial charge in [-0.25, -0.2) is 0 Å². The van der Waals surface area contributed by atoms with Gasteiger partial charge < -0.3 is 15.0 Å². The number of benzene rings is 1. The molecule has 0 bridgehead atoms. The summed E-state index contributed by atoms with van der Waals surface area (Å²) < 4.78 is 8.39. The van der Waals surface area contributed by atoms with Crippen LogP contribution in [0.4, 0.5) is 5.69 Å². The number of fused-ring (bicyclic) bond motifs is 2. The van der Waals surface area contributed by atoms with E-state index >= 15 is 0 Å². The Morgan fingerprint density at radius 3 is 3.06 bits per heavy atom. The third kappa shape index (κ3) is 3.43. The Bertz CT molecular complexity index is 1180. The van der Waals surface area contributed by atoms with Gasteiger partial charge in [0.25, 0.3) is 0 Å². The summed E-state index contributed by atoms with van der Waals surface area (Å²) >= 11 is 0. The highest BCUT2D eigenvalue weighted by Gasteiger charge is 2.34. The molecule has 5 heterocycles. The van der Waals surface area contributed by atoms with E-state index in [4.69, 9.17) is 4.74 Å². The maximum atomic E-state index is 9.43. The number of anilines is 1. The van der Waals surface area contributed by atoms with Crippen LogP contribution in [0.15, 0.2) is 36.7 Å². The lowest BCUT2D eigenvalue weighted by Gasteiger charge is -2.44. The van der Waals surface area contributed by atoms with Crippen LogP contribution in [0.25, 0.3) is 10.9 Å². The molecule has 2 fully saturated rings. The van der Waals surface area contributed by atoms with Crippen molar-refractivity contribution in [2.45, 2.75) is 25.1 Å². The quantitative estimate of drug-likeness (QED) is 0.676. The van der Waals surface area contributed by atoms with Gasteiger partial charge in [0.05, 0.1) is 36.0 Å². The summed E-state index contributed by atoms with van der Waals surface area (Å²) in [6.45, 7) is 7.39. The van der Waals surface area contributed by atoms with Crippen LogP contribution in [-0.2, 0) is 17.7 Å². The molecule has 1 aromatic carbocycles. The van der Waals surface area contributed by atoms with E-state index in [9.17, 15) is 5.26 Å². The lowest BCUT2D eigenvalue weighted by atomic mass is 10.0. The Hall–Kier alpha value is -2.99. The van der Waals surface area contributed by atoms with Crippen LogP contribution in [0, 0.1) is 11.3 Å². The van der Waals surface area contributed by atoms with Gasteiger partial charge in [-0.2, -0.15) is 10.4 Å². The van der Waals surface area contributed by atoms with E-state index in [1.807, 2.05) is 18.3 Å². The first kappa shape index (κ1) is 19.7. The molecule has 6 rings (SSSR count). The molecule has 3 aliphatic heterocycles. The summed E-state index contributed by atoms with van der Waals surface area (Å²) in [5, 5.41) is 18.6. The summed E-state index contributed by atoms with van der Waals surface area (Å²) in [7, 11) is 0. The second-order valence-electron chi connectivity index (χ2n) is 8.94. The third-order valence-corrected chi connectivity index (χ3v) is 6.93. The highest BCUT2D eigenvalue weighted by atomic mass is 16.5. The molecule has 32 heavy (non-hydrogen) atoms. The largest absolute Gasteiger partial charge is 0.373 e. The molecule has 1 unspecified atom stereocenters. The van der Waals surface area contributed by atoms with Crippen molar-refractivity contribution < 1.29 is 4.74 Å². The number of nitrogens with one attached hydrogen (secondary N) is 1. The van der Waals surface area contributed by atoms with Gasteiger partial charge in [-0.05, 0) is 24.3 Å². The van der Waals surface area contributed by atoms with Crippen LogP contribution in [0.1, 0.15) is 22.9 Å². The van der Waals surface area contributed by atoms with Gasteiger partial charge in [-0.3, -0.25) is 14.6 Å². The number of morpholine rings is 1. The summed E-state index contributed by atoms with van der Waals surface area (Å²) in [6, 6.07) is 10.7. The van der Waals surface area contributed by atoms with Gasteiger partial charge in [0.2, 0.25) is 0 Å². The number of hydrogen-bond acceptors (Lipinski definition) is 7. The van der Waals surface area contributed by atoms with E-state index in [1.54, 1.807) is 6.20 Å². The Balaban J connectivity index is 1.12. The van der Waals surface area contributed by atoms with Gasteiger partial charge in [-0.1, -0.05) is 0 Å². The molecule has 1 N–H and O–H groups in total. The van der Waals surface area contributed by atoms with Gasteiger partial charge >= 0.3 is 0 Å². The second kappa shape index (κ2) is 8.17. The molecule has 2 saturated heterocycles. The van der Waals surface area contributed by atoms with Crippen LogP contribution in [-0.4, -0.2) is 71.6 Å². The summed E-state index contributed by atoms with van der Waals surface area (Å²) in [5.74, 6) is 0. The van der Waals surface area contributed by atoms with Crippen molar-refractivity contribution >= 4 is 16.6 Å². The van der Waals surface area contributed by atoms with Crippen molar-refractivity contribution in [3.63, 3.8) is 0 Å². The number of likely N-dealkylation sites (tertiary alicyclic amines) is 1. The minimum Gasteiger partial charge on any atom is -0.373 e. The van der Waals surface area contributed by atoms with Crippen molar-refractivity contribution in [1.29, 1.82) is 5.26 Å². The van der Waals surface area contributed by atoms with Crippen molar-refractivity contribution in [2.24, 2.45) is 0 Å². The lowest BCUT2D eigenvalue weighted by Crippen LogP contribution is -2.55. The van der Waals surface area contributed by atoms with Gasteiger partial charge in [-0.15, -0.1) is 0 Å². The highest BCUT2D eigenvalue weighted by Crippen LogP contribution is 2.30. The predicted molar refractivity (Wildman–Crippen MR) is 122 cm³/mol.